The molecule has 9 N–H and O–H groups in total. The zero-order valence-corrected chi connectivity index (χ0v) is 24.3. The number of aliphatic carboxylic acids is 2. The smallest absolute Gasteiger partial charge is 0.326 e. The normalized spacial score (nSPS) is 13.4. The van der Waals surface area contributed by atoms with Crippen LogP contribution in [0.2, 0.25) is 0 Å². The zero-order chi connectivity index (χ0) is 32.9. The van der Waals surface area contributed by atoms with Crippen molar-refractivity contribution in [3.63, 3.8) is 0 Å². The summed E-state index contributed by atoms with van der Waals surface area (Å²) >= 11 is 0. The molecule has 45 heavy (non-hydrogen) atoms. The van der Waals surface area contributed by atoms with E-state index in [1.54, 1.807) is 36.4 Å². The van der Waals surface area contributed by atoms with Crippen LogP contribution in [0.3, 0.4) is 0 Å². The largest absolute Gasteiger partial charge is 0.508 e. The van der Waals surface area contributed by atoms with Crippen molar-refractivity contribution >= 4 is 29.7 Å². The summed E-state index contributed by atoms with van der Waals surface area (Å²) in [5.41, 5.74) is 7.96. The summed E-state index contributed by atoms with van der Waals surface area (Å²) in [5, 5.41) is 45.5. The summed E-state index contributed by atoms with van der Waals surface area (Å²) < 4.78 is 0. The molecule has 0 aromatic heterocycles. The van der Waals surface area contributed by atoms with E-state index in [0.29, 0.717) is 11.1 Å². The Hall–Kier alpha value is -5.43. The van der Waals surface area contributed by atoms with Gasteiger partial charge in [0.15, 0.2) is 0 Å². The van der Waals surface area contributed by atoms with Crippen LogP contribution < -0.4 is 21.7 Å². The van der Waals surface area contributed by atoms with Crippen LogP contribution in [0.25, 0.3) is 0 Å². The lowest BCUT2D eigenvalue weighted by atomic mass is 10.0. The highest BCUT2D eigenvalue weighted by molar-refractivity contribution is 5.94. The second-order valence-electron chi connectivity index (χ2n) is 10.5. The van der Waals surface area contributed by atoms with Gasteiger partial charge in [-0.3, -0.25) is 19.2 Å². The Morgan fingerprint density at radius 2 is 1.02 bits per heavy atom. The minimum Gasteiger partial charge on any atom is -0.508 e. The predicted octanol–water partition coefficient (Wildman–Crippen LogP) is 0.857. The first-order valence-corrected chi connectivity index (χ1v) is 14.1. The molecule has 4 atom stereocenters. The summed E-state index contributed by atoms with van der Waals surface area (Å²) in [6, 6.07) is 15.4. The number of aromatic hydroxyl groups is 2. The molecule has 13 nitrogen and oxygen atoms in total. The van der Waals surface area contributed by atoms with Gasteiger partial charge in [-0.15, -0.1) is 0 Å². The van der Waals surface area contributed by atoms with E-state index in [-0.39, 0.29) is 37.2 Å². The van der Waals surface area contributed by atoms with E-state index in [2.05, 4.69) is 16.0 Å². The standard InChI is InChI=1S/C32H36N4O9/c33-24(16-19-4-2-1-3-5-19)29(41)35-26(17-20-6-10-22(37)11-7-20)31(43)34-25(14-15-28(39)40)30(42)36-27(32(44)45)18-21-8-12-23(38)13-9-21/h1-13,24-27,37-38H,14-18,33H2,(H,34,43)(H,35,41)(H,36,42)(H,39,40)(H,44,45). The number of rotatable bonds is 16. The van der Waals surface area contributed by atoms with E-state index < -0.39 is 60.2 Å². The molecule has 4 unspecified atom stereocenters. The second-order valence-corrected chi connectivity index (χ2v) is 10.5. The lowest BCUT2D eigenvalue weighted by Crippen LogP contribution is -2.58. The third kappa shape index (κ3) is 11.3. The number of carbonyl (C=O) groups is 5. The van der Waals surface area contributed by atoms with Crippen molar-refractivity contribution in [3.8, 4) is 11.5 Å². The Kier molecular flexibility index (Phi) is 12.4. The molecule has 0 saturated heterocycles. The van der Waals surface area contributed by atoms with E-state index in [1.807, 2.05) is 6.07 Å². The van der Waals surface area contributed by atoms with Crippen molar-refractivity contribution in [1.82, 2.24) is 16.0 Å². The van der Waals surface area contributed by atoms with Crippen LogP contribution >= 0.6 is 0 Å². The summed E-state index contributed by atoms with van der Waals surface area (Å²) in [5.74, 6) is -5.08. The number of phenols is 2. The maximum Gasteiger partial charge on any atom is 0.326 e. The van der Waals surface area contributed by atoms with Crippen molar-refractivity contribution in [2.24, 2.45) is 5.73 Å². The average molecular weight is 621 g/mol. The molecule has 3 aromatic rings. The SMILES string of the molecule is NC(Cc1ccccc1)C(=O)NC(Cc1ccc(O)cc1)C(=O)NC(CCC(=O)O)C(=O)NC(Cc1ccc(O)cc1)C(=O)O. The van der Waals surface area contributed by atoms with Gasteiger partial charge in [0.2, 0.25) is 17.7 Å². The van der Waals surface area contributed by atoms with Crippen molar-refractivity contribution in [2.75, 3.05) is 0 Å². The molecule has 3 aromatic carbocycles. The van der Waals surface area contributed by atoms with E-state index in [1.165, 1.54) is 36.4 Å². The van der Waals surface area contributed by atoms with Crippen LogP contribution in [-0.2, 0) is 43.2 Å². The van der Waals surface area contributed by atoms with Gasteiger partial charge in [-0.2, -0.15) is 0 Å². The number of carbonyl (C=O) groups excluding carboxylic acids is 3. The molecule has 0 aliphatic rings. The van der Waals surface area contributed by atoms with Crippen molar-refractivity contribution in [3.05, 3.63) is 95.6 Å². The molecule has 0 heterocycles. The van der Waals surface area contributed by atoms with Gasteiger partial charge in [0.05, 0.1) is 6.04 Å². The van der Waals surface area contributed by atoms with Gasteiger partial charge in [-0.25, -0.2) is 4.79 Å². The maximum absolute atomic E-state index is 13.5. The van der Waals surface area contributed by atoms with E-state index >= 15 is 0 Å². The molecule has 0 radical (unpaired) electrons. The summed E-state index contributed by atoms with van der Waals surface area (Å²) in [6.45, 7) is 0. The molecule has 3 amide bonds. The van der Waals surface area contributed by atoms with Gasteiger partial charge in [-0.1, -0.05) is 54.6 Å². The quantitative estimate of drug-likeness (QED) is 0.113. The Bertz CT molecular complexity index is 1460. The van der Waals surface area contributed by atoms with E-state index in [9.17, 15) is 44.4 Å². The predicted molar refractivity (Wildman–Crippen MR) is 162 cm³/mol. The van der Waals surface area contributed by atoms with E-state index in [4.69, 9.17) is 5.73 Å². The van der Waals surface area contributed by atoms with Crippen LogP contribution in [-0.4, -0.2) is 74.3 Å². The Morgan fingerprint density at radius 1 is 0.578 bits per heavy atom. The molecule has 0 fully saturated rings. The van der Waals surface area contributed by atoms with Gasteiger partial charge < -0.3 is 42.1 Å². The summed E-state index contributed by atoms with van der Waals surface area (Å²) in [4.78, 5) is 63.1. The van der Waals surface area contributed by atoms with Gasteiger partial charge in [0.25, 0.3) is 0 Å². The van der Waals surface area contributed by atoms with Crippen LogP contribution in [0.15, 0.2) is 78.9 Å². The Labute approximate surface area is 259 Å². The minimum absolute atomic E-state index is 0.0145. The Balaban J connectivity index is 1.79. The van der Waals surface area contributed by atoms with Crippen molar-refractivity contribution in [1.29, 1.82) is 0 Å². The molecule has 0 spiro atoms. The number of amides is 3. The molecule has 3 rings (SSSR count). The Morgan fingerprint density at radius 3 is 1.53 bits per heavy atom. The van der Waals surface area contributed by atoms with Crippen molar-refractivity contribution < 1.29 is 44.4 Å². The first kappa shape index (κ1) is 34.1. The average Bonchev–Trinajstić information content (AvgIpc) is 3.00. The van der Waals surface area contributed by atoms with Gasteiger partial charge in [0.1, 0.15) is 29.6 Å². The molecule has 238 valence electrons. The third-order valence-corrected chi connectivity index (χ3v) is 6.91. The maximum atomic E-state index is 13.5. The molecule has 0 aliphatic carbocycles. The monoisotopic (exact) mass is 620 g/mol. The van der Waals surface area contributed by atoms with Crippen LogP contribution in [0.1, 0.15) is 29.5 Å². The van der Waals surface area contributed by atoms with Crippen LogP contribution in [0.5, 0.6) is 11.5 Å². The number of nitrogens with one attached hydrogen (secondary N) is 3. The molecule has 0 bridgehead atoms. The number of hydrogen-bond acceptors (Lipinski definition) is 8. The fourth-order valence-corrected chi connectivity index (χ4v) is 4.47. The number of hydrogen-bond donors (Lipinski definition) is 8. The molecular weight excluding hydrogens is 584 g/mol. The number of benzene rings is 3. The number of nitrogens with two attached hydrogens (primary N) is 1. The number of carboxylic acids is 2. The fourth-order valence-electron chi connectivity index (χ4n) is 4.47. The molecule has 13 heteroatoms. The van der Waals surface area contributed by atoms with Gasteiger partial charge >= 0.3 is 11.9 Å². The lowest BCUT2D eigenvalue weighted by Gasteiger charge is -2.25. The summed E-state index contributed by atoms with van der Waals surface area (Å²) in [7, 11) is 0. The number of phenolic OH excluding ortho intramolecular Hbond substituents is 2. The van der Waals surface area contributed by atoms with Gasteiger partial charge in [0, 0.05) is 19.3 Å². The lowest BCUT2D eigenvalue weighted by molar-refractivity contribution is -0.143. The summed E-state index contributed by atoms with van der Waals surface area (Å²) in [6.07, 6.45) is -0.931. The third-order valence-electron chi connectivity index (χ3n) is 6.91. The van der Waals surface area contributed by atoms with Crippen molar-refractivity contribution in [2.45, 2.75) is 56.3 Å². The topological polar surface area (TPSA) is 228 Å². The highest BCUT2D eigenvalue weighted by atomic mass is 16.4. The van der Waals surface area contributed by atoms with Crippen LogP contribution in [0, 0.1) is 0 Å². The second kappa shape index (κ2) is 16.4. The molecule has 0 aliphatic heterocycles. The first-order valence-electron chi connectivity index (χ1n) is 14.1. The van der Waals surface area contributed by atoms with Gasteiger partial charge in [-0.05, 0) is 53.8 Å². The fraction of sp³-hybridized carbons (Fsp3) is 0.281. The number of carboxylic acid groups (broad SMARTS) is 2. The molecular formula is C32H36N4O9. The zero-order valence-electron chi connectivity index (χ0n) is 24.3. The van der Waals surface area contributed by atoms with E-state index in [0.717, 1.165) is 5.56 Å². The highest BCUT2D eigenvalue weighted by Crippen LogP contribution is 2.14. The molecule has 0 saturated carbocycles. The van der Waals surface area contributed by atoms with Crippen LogP contribution in [0.4, 0.5) is 0 Å². The highest BCUT2D eigenvalue weighted by Gasteiger charge is 2.31. The minimum atomic E-state index is -1.47. The first-order chi connectivity index (χ1) is 21.4.